The van der Waals surface area contributed by atoms with Gasteiger partial charge in [0.15, 0.2) is 0 Å². The predicted molar refractivity (Wildman–Crippen MR) is 61.1 cm³/mol. The van der Waals surface area contributed by atoms with E-state index in [9.17, 15) is 9.90 Å². The van der Waals surface area contributed by atoms with Gasteiger partial charge in [0.25, 0.3) is 0 Å². The number of carbonyl (C=O) groups excluding carboxylic acids is 1. The van der Waals surface area contributed by atoms with Gasteiger partial charge in [0, 0.05) is 32.0 Å². The van der Waals surface area contributed by atoms with Crippen LogP contribution in [0.2, 0.25) is 0 Å². The average Bonchev–Trinajstić information content (AvgIpc) is 2.57. The third kappa shape index (κ3) is 3.17. The van der Waals surface area contributed by atoms with E-state index in [0.29, 0.717) is 19.6 Å². The molecule has 0 aromatic heterocycles. The van der Waals surface area contributed by atoms with Crippen molar-refractivity contribution >= 4 is 5.91 Å². The molecule has 0 radical (unpaired) electrons. The van der Waals surface area contributed by atoms with Crippen molar-refractivity contribution in [1.82, 2.24) is 10.6 Å². The van der Waals surface area contributed by atoms with Crippen molar-refractivity contribution in [2.45, 2.75) is 32.0 Å². The molecule has 0 aromatic rings. The molecule has 94 valence electrons. The first-order valence-corrected chi connectivity index (χ1v) is 5.76. The molecule has 1 amide bonds. The molecule has 1 aliphatic heterocycles. The average molecular weight is 230 g/mol. The Kier molecular flexibility index (Phi) is 4.70. The first-order chi connectivity index (χ1) is 7.49. The van der Waals surface area contributed by atoms with Gasteiger partial charge >= 0.3 is 0 Å². The van der Waals surface area contributed by atoms with Crippen LogP contribution >= 0.6 is 0 Å². The van der Waals surface area contributed by atoms with E-state index in [1.165, 1.54) is 0 Å². The van der Waals surface area contributed by atoms with Crippen LogP contribution in [0.4, 0.5) is 0 Å². The molecule has 0 saturated carbocycles. The summed E-state index contributed by atoms with van der Waals surface area (Å²) in [6.45, 7) is 5.14. The minimum atomic E-state index is -0.908. The minimum absolute atomic E-state index is 0.0399. The SMILES string of the molecule is CNCC(C)C(=O)NCC1(O)CCOC1C. The van der Waals surface area contributed by atoms with Crippen molar-refractivity contribution in [3.63, 3.8) is 0 Å². The van der Waals surface area contributed by atoms with Crippen LogP contribution in [0.5, 0.6) is 0 Å². The van der Waals surface area contributed by atoms with E-state index in [1.807, 2.05) is 20.9 Å². The van der Waals surface area contributed by atoms with Gasteiger partial charge < -0.3 is 20.5 Å². The van der Waals surface area contributed by atoms with Crippen LogP contribution in [0.25, 0.3) is 0 Å². The highest BCUT2D eigenvalue weighted by Crippen LogP contribution is 2.24. The second-order valence-electron chi connectivity index (χ2n) is 4.54. The van der Waals surface area contributed by atoms with Gasteiger partial charge in [-0.15, -0.1) is 0 Å². The van der Waals surface area contributed by atoms with Gasteiger partial charge in [-0.25, -0.2) is 0 Å². The molecule has 0 bridgehead atoms. The van der Waals surface area contributed by atoms with Gasteiger partial charge in [0.05, 0.1) is 6.10 Å². The molecule has 0 aromatic carbocycles. The molecule has 5 nitrogen and oxygen atoms in total. The Morgan fingerprint density at radius 1 is 1.69 bits per heavy atom. The Labute approximate surface area is 96.6 Å². The van der Waals surface area contributed by atoms with E-state index in [1.54, 1.807) is 0 Å². The van der Waals surface area contributed by atoms with E-state index >= 15 is 0 Å². The molecule has 3 atom stereocenters. The Bertz CT molecular complexity index is 247. The molecule has 1 heterocycles. The Balaban J connectivity index is 2.36. The fourth-order valence-electron chi connectivity index (χ4n) is 1.82. The zero-order chi connectivity index (χ0) is 12.2. The lowest BCUT2D eigenvalue weighted by Crippen LogP contribution is -2.49. The summed E-state index contributed by atoms with van der Waals surface area (Å²) in [5, 5.41) is 15.9. The molecular weight excluding hydrogens is 208 g/mol. The van der Waals surface area contributed by atoms with Crippen molar-refractivity contribution in [2.24, 2.45) is 5.92 Å². The van der Waals surface area contributed by atoms with Gasteiger partial charge in [0.2, 0.25) is 5.91 Å². The number of nitrogens with one attached hydrogen (secondary N) is 2. The predicted octanol–water partition coefficient (Wildman–Crippen LogP) is -0.502. The summed E-state index contributed by atoms with van der Waals surface area (Å²) in [6.07, 6.45) is 0.363. The molecule has 5 heteroatoms. The number of rotatable bonds is 5. The van der Waals surface area contributed by atoms with Crippen LogP contribution in [0, 0.1) is 5.92 Å². The fraction of sp³-hybridized carbons (Fsp3) is 0.909. The maximum Gasteiger partial charge on any atom is 0.224 e. The molecular formula is C11H22N2O3. The third-order valence-corrected chi connectivity index (χ3v) is 3.19. The van der Waals surface area contributed by atoms with E-state index < -0.39 is 5.60 Å². The zero-order valence-electron chi connectivity index (χ0n) is 10.2. The van der Waals surface area contributed by atoms with E-state index in [0.717, 1.165) is 0 Å². The van der Waals surface area contributed by atoms with Gasteiger partial charge in [-0.3, -0.25) is 4.79 Å². The number of hydrogen-bond acceptors (Lipinski definition) is 4. The van der Waals surface area contributed by atoms with E-state index in [-0.39, 0.29) is 24.5 Å². The highest BCUT2D eigenvalue weighted by atomic mass is 16.5. The summed E-state index contributed by atoms with van der Waals surface area (Å²) < 4.78 is 5.30. The summed E-state index contributed by atoms with van der Waals surface area (Å²) in [5.74, 6) is -0.131. The smallest absolute Gasteiger partial charge is 0.224 e. The first-order valence-electron chi connectivity index (χ1n) is 5.76. The topological polar surface area (TPSA) is 70.6 Å². The quantitative estimate of drug-likeness (QED) is 0.595. The molecule has 3 N–H and O–H groups in total. The van der Waals surface area contributed by atoms with Gasteiger partial charge in [-0.2, -0.15) is 0 Å². The highest BCUT2D eigenvalue weighted by Gasteiger charge is 2.39. The molecule has 0 aliphatic carbocycles. The largest absolute Gasteiger partial charge is 0.385 e. The maximum absolute atomic E-state index is 11.6. The number of carbonyl (C=O) groups is 1. The Hall–Kier alpha value is -0.650. The molecule has 1 saturated heterocycles. The Morgan fingerprint density at radius 2 is 2.38 bits per heavy atom. The van der Waals surface area contributed by atoms with Gasteiger partial charge in [0.1, 0.15) is 5.60 Å². The second kappa shape index (κ2) is 5.61. The molecule has 1 rings (SSSR count). The Morgan fingerprint density at radius 3 is 2.88 bits per heavy atom. The lowest BCUT2D eigenvalue weighted by molar-refractivity contribution is -0.126. The first kappa shape index (κ1) is 13.4. The summed E-state index contributed by atoms with van der Waals surface area (Å²) >= 11 is 0. The summed E-state index contributed by atoms with van der Waals surface area (Å²) in [4.78, 5) is 11.6. The number of aliphatic hydroxyl groups is 1. The van der Waals surface area contributed by atoms with Gasteiger partial charge in [-0.05, 0) is 14.0 Å². The highest BCUT2D eigenvalue weighted by molar-refractivity contribution is 5.78. The molecule has 16 heavy (non-hydrogen) atoms. The standard InChI is InChI=1S/C11H22N2O3/c1-8(6-12-3)10(14)13-7-11(15)4-5-16-9(11)2/h8-9,12,15H,4-7H2,1-3H3,(H,13,14). The lowest BCUT2D eigenvalue weighted by Gasteiger charge is -2.26. The number of amides is 1. The normalized spacial score (nSPS) is 31.4. The van der Waals surface area contributed by atoms with Crippen molar-refractivity contribution in [1.29, 1.82) is 0 Å². The van der Waals surface area contributed by atoms with Crippen molar-refractivity contribution in [2.75, 3.05) is 26.7 Å². The van der Waals surface area contributed by atoms with Crippen molar-refractivity contribution in [3.05, 3.63) is 0 Å². The van der Waals surface area contributed by atoms with Gasteiger partial charge in [-0.1, -0.05) is 6.92 Å². The van der Waals surface area contributed by atoms with E-state index in [4.69, 9.17) is 4.74 Å². The molecule has 0 spiro atoms. The summed E-state index contributed by atoms with van der Waals surface area (Å²) in [7, 11) is 1.81. The number of hydrogen-bond donors (Lipinski definition) is 3. The summed E-state index contributed by atoms with van der Waals surface area (Å²) in [5.41, 5.74) is -0.908. The van der Waals surface area contributed by atoms with Crippen LogP contribution in [0.3, 0.4) is 0 Å². The van der Waals surface area contributed by atoms with Crippen molar-refractivity contribution in [3.8, 4) is 0 Å². The summed E-state index contributed by atoms with van der Waals surface area (Å²) in [6, 6.07) is 0. The van der Waals surface area contributed by atoms with Crippen LogP contribution in [0.1, 0.15) is 20.3 Å². The second-order valence-corrected chi connectivity index (χ2v) is 4.54. The number of ether oxygens (including phenoxy) is 1. The van der Waals surface area contributed by atoms with Crippen LogP contribution in [-0.2, 0) is 9.53 Å². The van der Waals surface area contributed by atoms with Crippen LogP contribution in [0.15, 0.2) is 0 Å². The lowest BCUT2D eigenvalue weighted by atomic mass is 9.96. The molecule has 1 fully saturated rings. The fourth-order valence-corrected chi connectivity index (χ4v) is 1.82. The van der Waals surface area contributed by atoms with Crippen LogP contribution in [-0.4, -0.2) is 49.5 Å². The minimum Gasteiger partial charge on any atom is -0.385 e. The monoisotopic (exact) mass is 230 g/mol. The van der Waals surface area contributed by atoms with Crippen molar-refractivity contribution < 1.29 is 14.6 Å². The molecule has 3 unspecified atom stereocenters. The zero-order valence-corrected chi connectivity index (χ0v) is 10.2. The maximum atomic E-state index is 11.6. The van der Waals surface area contributed by atoms with E-state index in [2.05, 4.69) is 10.6 Å². The van der Waals surface area contributed by atoms with Crippen LogP contribution < -0.4 is 10.6 Å². The third-order valence-electron chi connectivity index (χ3n) is 3.19. The molecule has 1 aliphatic rings.